The second-order valence-electron chi connectivity index (χ2n) is 6.53. The van der Waals surface area contributed by atoms with E-state index in [9.17, 15) is 4.39 Å². The Balaban J connectivity index is 1.55. The van der Waals surface area contributed by atoms with E-state index in [-0.39, 0.29) is 11.9 Å². The average molecular weight is 358 g/mol. The third kappa shape index (κ3) is 3.85. The lowest BCUT2D eigenvalue weighted by molar-refractivity contribution is -0.0163. The van der Waals surface area contributed by atoms with Gasteiger partial charge in [-0.25, -0.2) is 14.4 Å². The molecule has 3 heterocycles. The Morgan fingerprint density at radius 1 is 1.04 bits per heavy atom. The molecule has 26 heavy (non-hydrogen) atoms. The molecule has 0 amide bonds. The number of hydrogen-bond donors (Lipinski definition) is 0. The van der Waals surface area contributed by atoms with E-state index in [1.807, 2.05) is 18.2 Å². The predicted octanol–water partition coefficient (Wildman–Crippen LogP) is 2.03. The number of ether oxygens (including phenoxy) is 2. The fourth-order valence-electron chi connectivity index (χ4n) is 3.40. The third-order valence-corrected chi connectivity index (χ3v) is 4.86. The maximum atomic E-state index is 14.1. The Morgan fingerprint density at radius 2 is 1.85 bits per heavy atom. The molecular weight excluding hydrogens is 335 g/mol. The molecule has 0 aliphatic carbocycles. The predicted molar refractivity (Wildman–Crippen MR) is 95.4 cm³/mol. The minimum absolute atomic E-state index is 0.0793. The Kier molecular flexibility index (Phi) is 5.38. The molecular formula is C19H23FN4O2. The zero-order valence-electron chi connectivity index (χ0n) is 14.7. The number of aromatic nitrogens is 2. The molecule has 2 fully saturated rings. The molecule has 2 aromatic rings. The zero-order valence-corrected chi connectivity index (χ0v) is 14.7. The highest BCUT2D eigenvalue weighted by molar-refractivity contribution is 5.38. The molecule has 1 atom stereocenters. The van der Waals surface area contributed by atoms with Gasteiger partial charge in [0.15, 0.2) is 0 Å². The van der Waals surface area contributed by atoms with Crippen molar-refractivity contribution in [2.75, 3.05) is 51.0 Å². The van der Waals surface area contributed by atoms with Crippen LogP contribution in [0.3, 0.4) is 0 Å². The summed E-state index contributed by atoms with van der Waals surface area (Å²) < 4.78 is 25.2. The van der Waals surface area contributed by atoms with Crippen molar-refractivity contribution in [3.63, 3.8) is 0 Å². The highest BCUT2D eigenvalue weighted by Crippen LogP contribution is 2.25. The van der Waals surface area contributed by atoms with Crippen molar-refractivity contribution in [1.29, 1.82) is 0 Å². The number of hydrogen-bond acceptors (Lipinski definition) is 6. The van der Waals surface area contributed by atoms with E-state index in [1.54, 1.807) is 12.3 Å². The Morgan fingerprint density at radius 3 is 2.69 bits per heavy atom. The number of morpholine rings is 2. The van der Waals surface area contributed by atoms with Crippen LogP contribution in [0, 0.1) is 5.82 Å². The Hall–Kier alpha value is -2.09. The van der Waals surface area contributed by atoms with Crippen molar-refractivity contribution >= 4 is 5.82 Å². The van der Waals surface area contributed by atoms with Gasteiger partial charge < -0.3 is 14.4 Å². The lowest BCUT2D eigenvalue weighted by atomic mass is 10.1. The van der Waals surface area contributed by atoms with Crippen LogP contribution in [0.4, 0.5) is 10.2 Å². The van der Waals surface area contributed by atoms with Gasteiger partial charge in [-0.3, -0.25) is 4.90 Å². The van der Waals surface area contributed by atoms with Crippen LogP contribution in [-0.4, -0.2) is 60.9 Å². The van der Waals surface area contributed by atoms with Gasteiger partial charge in [-0.2, -0.15) is 0 Å². The van der Waals surface area contributed by atoms with Crippen molar-refractivity contribution in [2.45, 2.75) is 12.6 Å². The van der Waals surface area contributed by atoms with E-state index in [0.717, 1.165) is 31.3 Å². The largest absolute Gasteiger partial charge is 0.378 e. The molecule has 0 radical (unpaired) electrons. The van der Waals surface area contributed by atoms with Crippen LogP contribution in [0.15, 0.2) is 36.5 Å². The van der Waals surface area contributed by atoms with Gasteiger partial charge >= 0.3 is 0 Å². The van der Waals surface area contributed by atoms with E-state index in [2.05, 4.69) is 14.8 Å². The van der Waals surface area contributed by atoms with Crippen LogP contribution < -0.4 is 4.90 Å². The van der Waals surface area contributed by atoms with E-state index < -0.39 is 0 Å². The standard InChI is InChI=1S/C19H23FN4O2/c20-16-4-2-1-3-15(16)13-24-9-12-26-14-17(24)19-21-6-5-18(22-19)23-7-10-25-11-8-23/h1-6,17H,7-14H2. The number of anilines is 1. The summed E-state index contributed by atoms with van der Waals surface area (Å²) in [5, 5.41) is 0. The number of halogens is 1. The first-order valence-electron chi connectivity index (χ1n) is 9.02. The molecule has 1 aromatic carbocycles. The lowest BCUT2D eigenvalue weighted by Gasteiger charge is -2.35. The van der Waals surface area contributed by atoms with Gasteiger partial charge in [0.2, 0.25) is 0 Å². The van der Waals surface area contributed by atoms with Crippen LogP contribution in [0.1, 0.15) is 17.4 Å². The first-order chi connectivity index (χ1) is 12.8. The van der Waals surface area contributed by atoms with Gasteiger partial charge in [0.1, 0.15) is 17.5 Å². The average Bonchev–Trinajstić information content (AvgIpc) is 2.71. The smallest absolute Gasteiger partial charge is 0.150 e. The number of rotatable bonds is 4. The fourth-order valence-corrected chi connectivity index (χ4v) is 3.40. The second kappa shape index (κ2) is 8.07. The van der Waals surface area contributed by atoms with Gasteiger partial charge in [0.05, 0.1) is 32.5 Å². The van der Waals surface area contributed by atoms with Crippen molar-refractivity contribution in [2.24, 2.45) is 0 Å². The van der Waals surface area contributed by atoms with E-state index in [0.29, 0.717) is 38.5 Å². The number of benzene rings is 1. The van der Waals surface area contributed by atoms with Crippen LogP contribution in [-0.2, 0) is 16.0 Å². The van der Waals surface area contributed by atoms with Crippen LogP contribution in [0.25, 0.3) is 0 Å². The van der Waals surface area contributed by atoms with Crippen molar-refractivity contribution in [3.05, 3.63) is 53.7 Å². The molecule has 7 heteroatoms. The van der Waals surface area contributed by atoms with Crippen molar-refractivity contribution in [3.8, 4) is 0 Å². The monoisotopic (exact) mass is 358 g/mol. The van der Waals surface area contributed by atoms with Gasteiger partial charge in [0, 0.05) is 37.9 Å². The summed E-state index contributed by atoms with van der Waals surface area (Å²) in [7, 11) is 0. The second-order valence-corrected chi connectivity index (χ2v) is 6.53. The molecule has 1 aromatic heterocycles. The third-order valence-electron chi connectivity index (χ3n) is 4.86. The highest BCUT2D eigenvalue weighted by Gasteiger charge is 2.28. The first-order valence-corrected chi connectivity index (χ1v) is 9.02. The van der Waals surface area contributed by atoms with Crippen LogP contribution in [0.5, 0.6) is 0 Å². The molecule has 1 unspecified atom stereocenters. The summed E-state index contributed by atoms with van der Waals surface area (Å²) in [6, 6.07) is 8.75. The zero-order chi connectivity index (χ0) is 17.8. The molecule has 6 nitrogen and oxygen atoms in total. The van der Waals surface area contributed by atoms with Gasteiger partial charge in [-0.1, -0.05) is 18.2 Å². The molecule has 4 rings (SSSR count). The van der Waals surface area contributed by atoms with Gasteiger partial charge in [-0.15, -0.1) is 0 Å². The summed E-state index contributed by atoms with van der Waals surface area (Å²) in [5.41, 5.74) is 0.684. The molecule has 2 saturated heterocycles. The fraction of sp³-hybridized carbons (Fsp3) is 0.474. The van der Waals surface area contributed by atoms with E-state index in [4.69, 9.17) is 14.5 Å². The van der Waals surface area contributed by atoms with E-state index in [1.165, 1.54) is 6.07 Å². The van der Waals surface area contributed by atoms with Gasteiger partial charge in [-0.05, 0) is 12.1 Å². The molecule has 138 valence electrons. The number of nitrogens with zero attached hydrogens (tertiary/aromatic N) is 4. The molecule has 2 aliphatic heterocycles. The maximum absolute atomic E-state index is 14.1. The highest BCUT2D eigenvalue weighted by atomic mass is 19.1. The normalized spacial score (nSPS) is 21.7. The molecule has 0 spiro atoms. The van der Waals surface area contributed by atoms with Crippen LogP contribution >= 0.6 is 0 Å². The SMILES string of the molecule is Fc1ccccc1CN1CCOCC1c1nccc(N2CCOCC2)n1. The first kappa shape index (κ1) is 17.3. The lowest BCUT2D eigenvalue weighted by Crippen LogP contribution is -2.41. The molecule has 0 bridgehead atoms. The van der Waals surface area contributed by atoms with E-state index >= 15 is 0 Å². The molecule has 0 N–H and O–H groups in total. The minimum atomic E-state index is -0.180. The molecule has 0 saturated carbocycles. The minimum Gasteiger partial charge on any atom is -0.378 e. The maximum Gasteiger partial charge on any atom is 0.150 e. The summed E-state index contributed by atoms with van der Waals surface area (Å²) in [5.74, 6) is 1.46. The quantitative estimate of drug-likeness (QED) is 0.834. The molecule has 2 aliphatic rings. The Bertz CT molecular complexity index is 739. The summed E-state index contributed by atoms with van der Waals surface area (Å²) in [6.07, 6.45) is 1.79. The van der Waals surface area contributed by atoms with Gasteiger partial charge in [0.25, 0.3) is 0 Å². The summed E-state index contributed by atoms with van der Waals surface area (Å²) >= 11 is 0. The summed E-state index contributed by atoms with van der Waals surface area (Å²) in [4.78, 5) is 13.7. The van der Waals surface area contributed by atoms with Crippen LogP contribution in [0.2, 0.25) is 0 Å². The topological polar surface area (TPSA) is 50.7 Å². The Labute approximate surface area is 152 Å². The summed E-state index contributed by atoms with van der Waals surface area (Å²) in [6.45, 7) is 5.48. The van der Waals surface area contributed by atoms with Crippen molar-refractivity contribution in [1.82, 2.24) is 14.9 Å². The van der Waals surface area contributed by atoms with Crippen molar-refractivity contribution < 1.29 is 13.9 Å².